The third kappa shape index (κ3) is 1.82. The molecule has 1 saturated carbocycles. The minimum absolute atomic E-state index is 0.225. The first-order chi connectivity index (χ1) is 6.72. The quantitative estimate of drug-likeness (QED) is 0.800. The second-order valence-electron chi connectivity index (χ2n) is 4.20. The highest BCUT2D eigenvalue weighted by Gasteiger charge is 2.37. The number of oxazole rings is 1. The van der Waals surface area contributed by atoms with Crippen molar-refractivity contribution in [3.8, 4) is 0 Å². The first kappa shape index (κ1) is 9.71. The van der Waals surface area contributed by atoms with E-state index < -0.39 is 0 Å². The lowest BCUT2D eigenvalue weighted by atomic mass is 10.3. The summed E-state index contributed by atoms with van der Waals surface area (Å²) >= 11 is 0. The van der Waals surface area contributed by atoms with Crippen molar-refractivity contribution in [2.75, 3.05) is 6.54 Å². The van der Waals surface area contributed by atoms with Gasteiger partial charge in [-0.3, -0.25) is 0 Å². The molecule has 3 heteroatoms. The molecular weight excluding hydrogens is 176 g/mol. The van der Waals surface area contributed by atoms with Crippen LogP contribution in [0.3, 0.4) is 0 Å². The summed E-state index contributed by atoms with van der Waals surface area (Å²) in [6.45, 7) is 7.36. The van der Waals surface area contributed by atoms with E-state index >= 15 is 0 Å². The molecule has 0 amide bonds. The lowest BCUT2D eigenvalue weighted by Gasteiger charge is -2.06. The van der Waals surface area contributed by atoms with Crippen LogP contribution in [-0.2, 0) is 0 Å². The molecule has 14 heavy (non-hydrogen) atoms. The molecule has 2 rings (SSSR count). The second-order valence-corrected chi connectivity index (χ2v) is 4.20. The number of nitrogens with one attached hydrogen (secondary N) is 1. The standard InChI is InChI=1S/C11H18N2O/c1-4-12-8(3)11-13-6-10(14-11)9-5-7(9)2/h6-9,12H,4-5H2,1-3H3. The Morgan fingerprint density at radius 3 is 3.00 bits per heavy atom. The van der Waals surface area contributed by atoms with E-state index in [2.05, 4.69) is 31.1 Å². The van der Waals surface area contributed by atoms with Crippen LogP contribution < -0.4 is 5.32 Å². The summed E-state index contributed by atoms with van der Waals surface area (Å²) in [7, 11) is 0. The molecule has 1 N–H and O–H groups in total. The highest BCUT2D eigenvalue weighted by molar-refractivity contribution is 5.12. The summed E-state index contributed by atoms with van der Waals surface area (Å²) in [5.74, 6) is 3.30. The fourth-order valence-electron chi connectivity index (χ4n) is 1.78. The van der Waals surface area contributed by atoms with Crippen molar-refractivity contribution >= 4 is 0 Å². The Kier molecular flexibility index (Phi) is 2.59. The van der Waals surface area contributed by atoms with Crippen molar-refractivity contribution in [2.45, 2.75) is 39.2 Å². The second kappa shape index (κ2) is 3.73. The molecule has 1 fully saturated rings. The lowest BCUT2D eigenvalue weighted by Crippen LogP contribution is -2.17. The Hall–Kier alpha value is -0.830. The average molecular weight is 194 g/mol. The molecule has 1 heterocycles. The van der Waals surface area contributed by atoms with Crippen LogP contribution in [0.1, 0.15) is 50.8 Å². The van der Waals surface area contributed by atoms with Gasteiger partial charge in [0.1, 0.15) is 5.76 Å². The molecule has 1 aliphatic carbocycles. The third-order valence-corrected chi connectivity index (χ3v) is 2.90. The van der Waals surface area contributed by atoms with E-state index in [4.69, 9.17) is 4.42 Å². The Morgan fingerprint density at radius 2 is 2.43 bits per heavy atom. The summed E-state index contributed by atoms with van der Waals surface area (Å²) < 4.78 is 5.72. The zero-order valence-corrected chi connectivity index (χ0v) is 9.08. The zero-order valence-electron chi connectivity index (χ0n) is 9.08. The van der Waals surface area contributed by atoms with Crippen LogP contribution in [0.5, 0.6) is 0 Å². The Balaban J connectivity index is 2.02. The third-order valence-electron chi connectivity index (χ3n) is 2.90. The number of hydrogen-bond acceptors (Lipinski definition) is 3. The van der Waals surface area contributed by atoms with Crippen molar-refractivity contribution in [1.82, 2.24) is 10.3 Å². The fraction of sp³-hybridized carbons (Fsp3) is 0.727. The number of hydrogen-bond donors (Lipinski definition) is 1. The number of aromatic nitrogens is 1. The molecule has 0 spiro atoms. The SMILES string of the molecule is CCNC(C)c1ncc(C2CC2C)o1. The van der Waals surface area contributed by atoms with Gasteiger partial charge in [-0.25, -0.2) is 4.98 Å². The number of nitrogens with zero attached hydrogens (tertiary/aromatic N) is 1. The molecule has 3 unspecified atom stereocenters. The molecule has 3 nitrogen and oxygen atoms in total. The van der Waals surface area contributed by atoms with Crippen LogP contribution in [-0.4, -0.2) is 11.5 Å². The maximum absolute atomic E-state index is 5.72. The van der Waals surface area contributed by atoms with Crippen LogP contribution in [0.25, 0.3) is 0 Å². The Morgan fingerprint density at radius 1 is 1.71 bits per heavy atom. The topological polar surface area (TPSA) is 38.1 Å². The normalized spacial score (nSPS) is 27.6. The van der Waals surface area contributed by atoms with Gasteiger partial charge in [-0.05, 0) is 25.8 Å². The predicted octanol–water partition coefficient (Wildman–Crippen LogP) is 2.47. The van der Waals surface area contributed by atoms with Gasteiger partial charge in [-0.15, -0.1) is 0 Å². The van der Waals surface area contributed by atoms with Gasteiger partial charge in [0.05, 0.1) is 12.2 Å². The maximum Gasteiger partial charge on any atom is 0.211 e. The summed E-state index contributed by atoms with van der Waals surface area (Å²) in [4.78, 5) is 4.30. The van der Waals surface area contributed by atoms with Crippen molar-refractivity contribution in [3.05, 3.63) is 17.8 Å². The minimum atomic E-state index is 0.225. The maximum atomic E-state index is 5.72. The van der Waals surface area contributed by atoms with E-state index in [0.29, 0.717) is 5.92 Å². The molecule has 0 aromatic carbocycles. The molecule has 3 atom stereocenters. The molecule has 0 saturated heterocycles. The van der Waals surface area contributed by atoms with Gasteiger partial charge in [-0.2, -0.15) is 0 Å². The van der Waals surface area contributed by atoms with Crippen LogP contribution in [0.2, 0.25) is 0 Å². The van der Waals surface area contributed by atoms with Crippen molar-refractivity contribution in [1.29, 1.82) is 0 Å². The molecular formula is C11H18N2O. The molecule has 78 valence electrons. The monoisotopic (exact) mass is 194 g/mol. The molecule has 0 bridgehead atoms. The summed E-state index contributed by atoms with van der Waals surface area (Å²) in [6.07, 6.45) is 3.14. The Labute approximate surface area is 84.9 Å². The first-order valence-corrected chi connectivity index (χ1v) is 5.41. The molecule has 1 aliphatic rings. The van der Waals surface area contributed by atoms with Gasteiger partial charge in [0, 0.05) is 5.92 Å². The largest absolute Gasteiger partial charge is 0.444 e. The van der Waals surface area contributed by atoms with Gasteiger partial charge in [0.25, 0.3) is 0 Å². The van der Waals surface area contributed by atoms with E-state index in [0.717, 1.165) is 24.1 Å². The van der Waals surface area contributed by atoms with E-state index in [9.17, 15) is 0 Å². The molecule has 0 radical (unpaired) electrons. The van der Waals surface area contributed by atoms with Gasteiger partial charge in [-0.1, -0.05) is 13.8 Å². The predicted molar refractivity (Wildman–Crippen MR) is 55.1 cm³/mol. The van der Waals surface area contributed by atoms with Gasteiger partial charge in [0.15, 0.2) is 0 Å². The smallest absolute Gasteiger partial charge is 0.211 e. The van der Waals surface area contributed by atoms with Crippen LogP contribution in [0.15, 0.2) is 10.6 Å². The first-order valence-electron chi connectivity index (χ1n) is 5.41. The molecule has 1 aromatic heterocycles. The summed E-state index contributed by atoms with van der Waals surface area (Å²) in [5.41, 5.74) is 0. The van der Waals surface area contributed by atoms with Crippen LogP contribution in [0, 0.1) is 5.92 Å². The highest BCUT2D eigenvalue weighted by atomic mass is 16.4. The minimum Gasteiger partial charge on any atom is -0.444 e. The van der Waals surface area contributed by atoms with Crippen LogP contribution in [0.4, 0.5) is 0 Å². The summed E-state index contributed by atoms with van der Waals surface area (Å²) in [5, 5.41) is 3.29. The highest BCUT2D eigenvalue weighted by Crippen LogP contribution is 2.47. The molecule has 0 aliphatic heterocycles. The van der Waals surface area contributed by atoms with Gasteiger partial charge < -0.3 is 9.73 Å². The van der Waals surface area contributed by atoms with Gasteiger partial charge >= 0.3 is 0 Å². The van der Waals surface area contributed by atoms with Gasteiger partial charge in [0.2, 0.25) is 5.89 Å². The van der Waals surface area contributed by atoms with E-state index in [1.807, 2.05) is 6.20 Å². The van der Waals surface area contributed by atoms with Crippen molar-refractivity contribution in [3.63, 3.8) is 0 Å². The molecule has 1 aromatic rings. The van der Waals surface area contributed by atoms with Crippen molar-refractivity contribution in [2.24, 2.45) is 5.92 Å². The van der Waals surface area contributed by atoms with Crippen molar-refractivity contribution < 1.29 is 4.42 Å². The number of rotatable bonds is 4. The van der Waals surface area contributed by atoms with E-state index in [1.165, 1.54) is 6.42 Å². The Bertz CT molecular complexity index is 308. The summed E-state index contributed by atoms with van der Waals surface area (Å²) in [6, 6.07) is 0.225. The van der Waals surface area contributed by atoms with E-state index in [1.54, 1.807) is 0 Å². The lowest BCUT2D eigenvalue weighted by molar-refractivity contribution is 0.397. The zero-order chi connectivity index (χ0) is 10.1. The van der Waals surface area contributed by atoms with E-state index in [-0.39, 0.29) is 6.04 Å². The average Bonchev–Trinajstić information content (AvgIpc) is 2.70. The van der Waals surface area contributed by atoms with Crippen LogP contribution >= 0.6 is 0 Å². The fourth-order valence-corrected chi connectivity index (χ4v) is 1.78.